The maximum atomic E-state index is 13.3. The molecule has 0 aromatic heterocycles. The second kappa shape index (κ2) is 4.60. The molecular weight excluding hydrogens is 248 g/mol. The monoisotopic (exact) mass is 261 g/mol. The van der Waals surface area contributed by atoms with E-state index in [1.807, 2.05) is 0 Å². The Morgan fingerprint density at radius 2 is 1.82 bits per heavy atom. The molecule has 0 radical (unpaired) electrons. The molecule has 0 saturated carbocycles. The number of hydrogen-bond donors (Lipinski definition) is 1. The molecule has 6 heteroatoms. The highest BCUT2D eigenvalue weighted by Gasteiger charge is 2.23. The van der Waals surface area contributed by atoms with Gasteiger partial charge in [-0.05, 0) is 31.0 Å². The Bertz CT molecular complexity index is 502. The molecule has 1 aromatic carbocycles. The third kappa shape index (κ3) is 3.15. The lowest BCUT2D eigenvalue weighted by Gasteiger charge is -2.24. The Morgan fingerprint density at radius 3 is 2.47 bits per heavy atom. The highest BCUT2D eigenvalue weighted by Crippen LogP contribution is 2.21. The van der Waals surface area contributed by atoms with Gasteiger partial charge in [0.1, 0.15) is 21.5 Å². The molecule has 0 unspecified atom stereocenters. The van der Waals surface area contributed by atoms with E-state index in [0.29, 0.717) is 12.8 Å². The minimum absolute atomic E-state index is 0.0919. The molecule has 0 spiro atoms. The molecule has 1 aromatic rings. The van der Waals surface area contributed by atoms with Crippen molar-refractivity contribution in [2.45, 2.75) is 18.9 Å². The maximum absolute atomic E-state index is 13.3. The predicted octanol–water partition coefficient (Wildman–Crippen LogP) is 1.95. The molecule has 1 N–H and O–H groups in total. The van der Waals surface area contributed by atoms with Crippen molar-refractivity contribution < 1.29 is 17.2 Å². The fraction of sp³-hybridized carbons (Fsp3) is 0.455. The van der Waals surface area contributed by atoms with Crippen molar-refractivity contribution in [3.8, 4) is 0 Å². The van der Waals surface area contributed by atoms with Crippen molar-refractivity contribution in [1.29, 1.82) is 0 Å². The number of benzene rings is 1. The Morgan fingerprint density at radius 1 is 1.18 bits per heavy atom. The van der Waals surface area contributed by atoms with Gasteiger partial charge in [0, 0.05) is 6.04 Å². The highest BCUT2D eigenvalue weighted by molar-refractivity contribution is 7.91. The van der Waals surface area contributed by atoms with Gasteiger partial charge >= 0.3 is 0 Å². The van der Waals surface area contributed by atoms with Gasteiger partial charge in [-0.2, -0.15) is 0 Å². The summed E-state index contributed by atoms with van der Waals surface area (Å²) < 4.78 is 48.7. The van der Waals surface area contributed by atoms with Crippen LogP contribution in [0.15, 0.2) is 18.2 Å². The zero-order chi connectivity index (χ0) is 12.5. The van der Waals surface area contributed by atoms with Crippen LogP contribution in [-0.4, -0.2) is 26.0 Å². The third-order valence-electron chi connectivity index (χ3n) is 2.84. The van der Waals surface area contributed by atoms with Crippen LogP contribution in [0, 0.1) is 11.6 Å². The maximum Gasteiger partial charge on any atom is 0.150 e. The van der Waals surface area contributed by atoms with E-state index in [2.05, 4.69) is 5.32 Å². The van der Waals surface area contributed by atoms with Gasteiger partial charge in [0.05, 0.1) is 17.2 Å². The zero-order valence-corrected chi connectivity index (χ0v) is 9.93. The topological polar surface area (TPSA) is 46.2 Å². The van der Waals surface area contributed by atoms with E-state index in [4.69, 9.17) is 0 Å². The minimum Gasteiger partial charge on any atom is -0.380 e. The average molecular weight is 261 g/mol. The molecule has 3 nitrogen and oxygen atoms in total. The Kier molecular flexibility index (Phi) is 3.33. The van der Waals surface area contributed by atoms with E-state index in [1.54, 1.807) is 0 Å². The predicted molar refractivity (Wildman–Crippen MR) is 61.7 cm³/mol. The first-order valence-corrected chi connectivity index (χ1v) is 7.20. The highest BCUT2D eigenvalue weighted by atomic mass is 32.2. The van der Waals surface area contributed by atoms with Crippen LogP contribution in [0.2, 0.25) is 0 Å². The van der Waals surface area contributed by atoms with Crippen molar-refractivity contribution in [2.24, 2.45) is 0 Å². The van der Waals surface area contributed by atoms with Crippen LogP contribution in [0.3, 0.4) is 0 Å². The van der Waals surface area contributed by atoms with E-state index >= 15 is 0 Å². The van der Waals surface area contributed by atoms with Gasteiger partial charge in [-0.25, -0.2) is 17.2 Å². The van der Waals surface area contributed by atoms with Crippen LogP contribution < -0.4 is 5.32 Å². The van der Waals surface area contributed by atoms with Gasteiger partial charge in [-0.15, -0.1) is 0 Å². The van der Waals surface area contributed by atoms with Crippen LogP contribution in [0.1, 0.15) is 12.8 Å². The van der Waals surface area contributed by atoms with E-state index in [1.165, 1.54) is 0 Å². The first kappa shape index (κ1) is 12.3. The minimum atomic E-state index is -2.93. The fourth-order valence-electron chi connectivity index (χ4n) is 1.86. The van der Waals surface area contributed by atoms with E-state index in [-0.39, 0.29) is 23.2 Å². The van der Waals surface area contributed by atoms with Gasteiger partial charge < -0.3 is 5.32 Å². The average Bonchev–Trinajstić information content (AvgIpc) is 2.26. The lowest BCUT2D eigenvalue weighted by molar-refractivity contribution is 0.555. The summed E-state index contributed by atoms with van der Waals surface area (Å²) in [7, 11) is -2.93. The van der Waals surface area contributed by atoms with Crippen molar-refractivity contribution in [1.82, 2.24) is 0 Å². The summed E-state index contributed by atoms with van der Waals surface area (Å²) in [6.45, 7) is 0. The summed E-state index contributed by atoms with van der Waals surface area (Å²) in [5, 5.41) is 2.85. The van der Waals surface area contributed by atoms with Crippen LogP contribution in [0.25, 0.3) is 0 Å². The smallest absolute Gasteiger partial charge is 0.150 e. The molecule has 2 rings (SSSR count). The van der Waals surface area contributed by atoms with Crippen LogP contribution in [0.5, 0.6) is 0 Å². The second-order valence-electron chi connectivity index (χ2n) is 4.19. The fourth-order valence-corrected chi connectivity index (χ4v) is 3.35. The van der Waals surface area contributed by atoms with Crippen molar-refractivity contribution in [3.63, 3.8) is 0 Å². The quantitative estimate of drug-likeness (QED) is 0.885. The van der Waals surface area contributed by atoms with Gasteiger partial charge in [-0.1, -0.05) is 0 Å². The SMILES string of the molecule is O=S1(=O)CCC(Nc2cc(F)ccc2F)CC1. The molecule has 0 aliphatic carbocycles. The first-order chi connectivity index (χ1) is 7.96. The normalized spacial score (nSPS) is 20.1. The number of hydrogen-bond acceptors (Lipinski definition) is 3. The Labute approximate surface area is 98.8 Å². The molecule has 1 saturated heterocycles. The molecule has 1 heterocycles. The van der Waals surface area contributed by atoms with Gasteiger partial charge in [-0.3, -0.25) is 0 Å². The lowest BCUT2D eigenvalue weighted by atomic mass is 10.1. The van der Waals surface area contributed by atoms with Crippen molar-refractivity contribution in [3.05, 3.63) is 29.8 Å². The molecule has 0 bridgehead atoms. The Hall–Kier alpha value is -1.17. The van der Waals surface area contributed by atoms with Crippen molar-refractivity contribution >= 4 is 15.5 Å². The van der Waals surface area contributed by atoms with E-state index in [9.17, 15) is 17.2 Å². The van der Waals surface area contributed by atoms with Crippen molar-refractivity contribution in [2.75, 3.05) is 16.8 Å². The van der Waals surface area contributed by atoms with Gasteiger partial charge in [0.2, 0.25) is 0 Å². The van der Waals surface area contributed by atoms with Crippen LogP contribution in [-0.2, 0) is 9.84 Å². The lowest BCUT2D eigenvalue weighted by Crippen LogP contribution is -2.32. The summed E-state index contributed by atoms with van der Waals surface area (Å²) >= 11 is 0. The molecule has 94 valence electrons. The summed E-state index contributed by atoms with van der Waals surface area (Å²) in [6.07, 6.45) is 0.858. The second-order valence-corrected chi connectivity index (χ2v) is 6.50. The zero-order valence-electron chi connectivity index (χ0n) is 9.12. The number of sulfone groups is 1. The molecule has 0 amide bonds. The Balaban J connectivity index is 2.05. The summed E-state index contributed by atoms with van der Waals surface area (Å²) in [4.78, 5) is 0. The number of nitrogens with one attached hydrogen (secondary N) is 1. The van der Waals surface area contributed by atoms with Crippen LogP contribution in [0.4, 0.5) is 14.5 Å². The summed E-state index contributed by atoms with van der Waals surface area (Å²) in [6, 6.07) is 3.07. The number of rotatable bonds is 2. The molecule has 17 heavy (non-hydrogen) atoms. The van der Waals surface area contributed by atoms with Gasteiger partial charge in [0.15, 0.2) is 0 Å². The third-order valence-corrected chi connectivity index (χ3v) is 4.56. The molecule has 1 aliphatic heterocycles. The molecule has 1 fully saturated rings. The molecular formula is C11H13F2NO2S. The molecule has 0 atom stereocenters. The van der Waals surface area contributed by atoms with E-state index in [0.717, 1.165) is 18.2 Å². The molecule has 1 aliphatic rings. The summed E-state index contributed by atoms with van der Waals surface area (Å²) in [5.74, 6) is -0.847. The number of anilines is 1. The standard InChI is InChI=1S/C11H13F2NO2S/c12-8-1-2-10(13)11(7-8)14-9-3-5-17(15,16)6-4-9/h1-2,7,9,14H,3-6H2. The first-order valence-electron chi connectivity index (χ1n) is 5.38. The summed E-state index contributed by atoms with van der Waals surface area (Å²) in [5.41, 5.74) is 0.0919. The number of halogens is 2. The van der Waals surface area contributed by atoms with Gasteiger partial charge in [0.25, 0.3) is 0 Å². The largest absolute Gasteiger partial charge is 0.380 e. The van der Waals surface area contributed by atoms with E-state index < -0.39 is 21.5 Å². The van der Waals surface area contributed by atoms with Crippen LogP contribution >= 0.6 is 0 Å².